The maximum atomic E-state index is 12.7. The van der Waals surface area contributed by atoms with Gasteiger partial charge in [-0.1, -0.05) is 6.07 Å². The van der Waals surface area contributed by atoms with Crippen molar-refractivity contribution in [2.45, 2.75) is 44.6 Å². The molecule has 0 fully saturated rings. The Morgan fingerprint density at radius 2 is 1.93 bits per heavy atom. The van der Waals surface area contributed by atoms with Gasteiger partial charge in [0, 0.05) is 12.8 Å². The summed E-state index contributed by atoms with van der Waals surface area (Å²) in [5.41, 5.74) is -1.13. The minimum atomic E-state index is -3.11. The minimum Gasteiger partial charge on any atom is -0.493 e. The number of esters is 1. The smallest absolute Gasteiger partial charge is 0.387 e. The van der Waals surface area contributed by atoms with E-state index in [4.69, 9.17) is 14.6 Å². The van der Waals surface area contributed by atoms with Crippen molar-refractivity contribution in [3.05, 3.63) is 23.8 Å². The Labute approximate surface area is 155 Å². The number of benzene rings is 1. The molecule has 1 rings (SSSR count). The fourth-order valence-electron chi connectivity index (χ4n) is 2.62. The molecule has 1 N–H and O–H groups in total. The molecule has 1 aromatic carbocycles. The molecule has 0 amide bonds. The van der Waals surface area contributed by atoms with Crippen LogP contribution in [0, 0.1) is 11.3 Å². The first-order valence-corrected chi connectivity index (χ1v) is 8.20. The molecule has 0 aromatic heterocycles. The standard InChI is InChI=1S/C18H21F2NO6/c1-3-26-16(24)7-9-18(11-21,8-6-15(22)23)12-4-5-13(25-2)14(10-12)27-17(19)20/h4-5,10,17H,3,6-9H2,1-2H3,(H,22,23). The highest BCUT2D eigenvalue weighted by molar-refractivity contribution is 5.70. The fraction of sp³-hybridized carbons (Fsp3) is 0.500. The van der Waals surface area contributed by atoms with Gasteiger partial charge in [-0.3, -0.25) is 9.59 Å². The number of aliphatic carboxylic acids is 1. The van der Waals surface area contributed by atoms with Crippen LogP contribution in [0.2, 0.25) is 0 Å². The average molecular weight is 385 g/mol. The Morgan fingerprint density at radius 1 is 1.26 bits per heavy atom. The van der Waals surface area contributed by atoms with E-state index in [1.807, 2.05) is 6.07 Å². The van der Waals surface area contributed by atoms with Crippen LogP contribution in [0.4, 0.5) is 8.78 Å². The average Bonchev–Trinajstić information content (AvgIpc) is 2.62. The number of carbonyl (C=O) groups is 2. The fourth-order valence-corrected chi connectivity index (χ4v) is 2.62. The maximum absolute atomic E-state index is 12.7. The summed E-state index contributed by atoms with van der Waals surface area (Å²) in [6, 6.07) is 6.07. The van der Waals surface area contributed by atoms with Crippen LogP contribution in [0.5, 0.6) is 11.5 Å². The Bertz CT molecular complexity index is 704. The van der Waals surface area contributed by atoms with Crippen LogP contribution in [0.1, 0.15) is 38.2 Å². The van der Waals surface area contributed by atoms with Crippen LogP contribution < -0.4 is 9.47 Å². The summed E-state index contributed by atoms with van der Waals surface area (Å²) in [5.74, 6) is -1.90. The number of halogens is 2. The first kappa shape index (κ1) is 22.2. The van der Waals surface area contributed by atoms with Crippen molar-refractivity contribution in [2.24, 2.45) is 0 Å². The largest absolute Gasteiger partial charge is 0.493 e. The van der Waals surface area contributed by atoms with Gasteiger partial charge in [0.2, 0.25) is 0 Å². The van der Waals surface area contributed by atoms with Gasteiger partial charge in [-0.25, -0.2) is 0 Å². The van der Waals surface area contributed by atoms with Gasteiger partial charge in [-0.05, 0) is 37.5 Å². The molecular formula is C18H21F2NO6. The third kappa shape index (κ3) is 6.40. The van der Waals surface area contributed by atoms with Crippen molar-refractivity contribution in [3.63, 3.8) is 0 Å². The second-order valence-electron chi connectivity index (χ2n) is 5.64. The van der Waals surface area contributed by atoms with E-state index in [0.717, 1.165) is 0 Å². The van der Waals surface area contributed by atoms with E-state index in [1.165, 1.54) is 25.3 Å². The number of hydrogen-bond acceptors (Lipinski definition) is 6. The Balaban J connectivity index is 3.29. The molecule has 1 atom stereocenters. The summed E-state index contributed by atoms with van der Waals surface area (Å²) in [6.07, 6.45) is -0.611. The van der Waals surface area contributed by atoms with Crippen molar-refractivity contribution in [1.82, 2.24) is 0 Å². The monoisotopic (exact) mass is 385 g/mol. The molecule has 0 radical (unpaired) electrons. The molecule has 0 bridgehead atoms. The van der Waals surface area contributed by atoms with Gasteiger partial charge < -0.3 is 19.3 Å². The van der Waals surface area contributed by atoms with Crippen molar-refractivity contribution < 1.29 is 37.7 Å². The molecule has 0 aliphatic rings. The Hall–Kier alpha value is -2.89. The first-order valence-electron chi connectivity index (χ1n) is 8.20. The van der Waals surface area contributed by atoms with Crippen molar-refractivity contribution >= 4 is 11.9 Å². The van der Waals surface area contributed by atoms with E-state index in [9.17, 15) is 23.6 Å². The molecule has 0 spiro atoms. The minimum absolute atomic E-state index is 0.0317. The van der Waals surface area contributed by atoms with Crippen molar-refractivity contribution in [2.75, 3.05) is 13.7 Å². The molecular weight excluding hydrogens is 364 g/mol. The zero-order chi connectivity index (χ0) is 20.4. The molecule has 9 heteroatoms. The summed E-state index contributed by atoms with van der Waals surface area (Å²) < 4.78 is 39.6. The SMILES string of the molecule is CCOC(=O)CCC(C#N)(CCC(=O)O)c1ccc(OC)c(OC(F)F)c1. The van der Waals surface area contributed by atoms with Crippen LogP contribution in [0.25, 0.3) is 0 Å². The maximum Gasteiger partial charge on any atom is 0.387 e. The third-order valence-electron chi connectivity index (χ3n) is 3.97. The number of hydrogen-bond donors (Lipinski definition) is 1. The molecule has 148 valence electrons. The van der Waals surface area contributed by atoms with Gasteiger partial charge in [0.05, 0.1) is 25.2 Å². The number of carbonyl (C=O) groups excluding carboxylic acids is 1. The van der Waals surface area contributed by atoms with Gasteiger partial charge in [0.1, 0.15) is 0 Å². The van der Waals surface area contributed by atoms with Crippen LogP contribution in [0.15, 0.2) is 18.2 Å². The lowest BCUT2D eigenvalue weighted by molar-refractivity contribution is -0.143. The van der Waals surface area contributed by atoms with Crippen molar-refractivity contribution in [1.29, 1.82) is 5.26 Å². The normalized spacial score (nSPS) is 12.7. The number of nitrogens with zero attached hydrogens (tertiary/aromatic N) is 1. The molecule has 0 saturated carbocycles. The van der Waals surface area contributed by atoms with Crippen LogP contribution >= 0.6 is 0 Å². The summed E-state index contributed by atoms with van der Waals surface area (Å²) in [7, 11) is 1.27. The summed E-state index contributed by atoms with van der Waals surface area (Å²) in [5, 5.41) is 18.8. The van der Waals surface area contributed by atoms with Gasteiger partial charge in [0.15, 0.2) is 11.5 Å². The molecule has 1 aromatic rings. The second kappa shape index (κ2) is 10.3. The highest BCUT2D eigenvalue weighted by atomic mass is 19.3. The third-order valence-corrected chi connectivity index (χ3v) is 3.97. The number of nitriles is 1. The highest BCUT2D eigenvalue weighted by Gasteiger charge is 2.35. The quantitative estimate of drug-likeness (QED) is 0.583. The molecule has 0 aliphatic heterocycles. The lowest BCUT2D eigenvalue weighted by Crippen LogP contribution is -2.27. The number of carboxylic acid groups (broad SMARTS) is 1. The predicted octanol–water partition coefficient (Wildman–Crippen LogP) is 3.27. The predicted molar refractivity (Wildman–Crippen MR) is 89.7 cm³/mol. The van der Waals surface area contributed by atoms with E-state index >= 15 is 0 Å². The number of methoxy groups -OCH3 is 1. The molecule has 7 nitrogen and oxygen atoms in total. The van der Waals surface area contributed by atoms with Crippen LogP contribution in [-0.4, -0.2) is 37.4 Å². The topological polar surface area (TPSA) is 106 Å². The molecule has 27 heavy (non-hydrogen) atoms. The molecule has 1 unspecified atom stereocenters. The summed E-state index contributed by atoms with van der Waals surface area (Å²) in [6.45, 7) is -1.30. The van der Waals surface area contributed by atoms with E-state index < -0.39 is 24.0 Å². The summed E-state index contributed by atoms with van der Waals surface area (Å²) >= 11 is 0. The zero-order valence-corrected chi connectivity index (χ0v) is 15.0. The van der Waals surface area contributed by atoms with Gasteiger partial charge in [-0.15, -0.1) is 0 Å². The number of alkyl halides is 2. The van der Waals surface area contributed by atoms with Crippen LogP contribution in [-0.2, 0) is 19.7 Å². The number of carboxylic acids is 1. The van der Waals surface area contributed by atoms with E-state index in [0.29, 0.717) is 0 Å². The molecule has 0 aliphatic carbocycles. The van der Waals surface area contributed by atoms with E-state index in [2.05, 4.69) is 4.74 Å². The zero-order valence-electron chi connectivity index (χ0n) is 15.0. The van der Waals surface area contributed by atoms with Gasteiger partial charge >= 0.3 is 18.6 Å². The first-order chi connectivity index (χ1) is 12.8. The van der Waals surface area contributed by atoms with Gasteiger partial charge in [0.25, 0.3) is 0 Å². The summed E-state index contributed by atoms with van der Waals surface area (Å²) in [4.78, 5) is 22.7. The highest BCUT2D eigenvalue weighted by Crippen LogP contribution is 2.39. The second-order valence-corrected chi connectivity index (χ2v) is 5.64. The lowest BCUT2D eigenvalue weighted by atomic mass is 9.74. The number of ether oxygens (including phenoxy) is 3. The molecule has 0 saturated heterocycles. The number of rotatable bonds is 11. The Morgan fingerprint density at radius 3 is 2.44 bits per heavy atom. The Kier molecular flexibility index (Phi) is 8.45. The molecule has 0 heterocycles. The lowest BCUT2D eigenvalue weighted by Gasteiger charge is -2.27. The van der Waals surface area contributed by atoms with Crippen LogP contribution in [0.3, 0.4) is 0 Å². The van der Waals surface area contributed by atoms with Gasteiger partial charge in [-0.2, -0.15) is 14.0 Å². The van der Waals surface area contributed by atoms with E-state index in [-0.39, 0.29) is 49.4 Å². The van der Waals surface area contributed by atoms with E-state index in [1.54, 1.807) is 6.92 Å². The van der Waals surface area contributed by atoms with Crippen molar-refractivity contribution in [3.8, 4) is 17.6 Å².